The van der Waals surface area contributed by atoms with Gasteiger partial charge in [-0.25, -0.2) is 4.68 Å². The summed E-state index contributed by atoms with van der Waals surface area (Å²) in [6.45, 7) is 0. The SMILES string of the molecule is COc1cc([C@@H]2Oc3ccccc3C3=C2[C@H](c2ccccc2)n2ncnc2N3)cc(OC)c1OC. The summed E-state index contributed by atoms with van der Waals surface area (Å²) in [7, 11) is 4.82. The average Bonchev–Trinajstić information content (AvgIpc) is 3.39. The molecule has 0 amide bonds. The van der Waals surface area contributed by atoms with Crippen molar-refractivity contribution in [2.45, 2.75) is 12.1 Å². The molecule has 8 heteroatoms. The monoisotopic (exact) mass is 468 g/mol. The molecule has 3 heterocycles. The number of ether oxygens (including phenoxy) is 4. The molecule has 0 bridgehead atoms. The summed E-state index contributed by atoms with van der Waals surface area (Å²) in [6.07, 6.45) is 1.11. The maximum Gasteiger partial charge on any atom is 0.226 e. The lowest BCUT2D eigenvalue weighted by Gasteiger charge is -2.39. The highest BCUT2D eigenvalue weighted by molar-refractivity contribution is 5.85. The number of methoxy groups -OCH3 is 3. The number of fused-ring (bicyclic) bond motifs is 3. The normalized spacial score (nSPS) is 17.9. The number of hydrogen-bond donors (Lipinski definition) is 1. The number of rotatable bonds is 5. The fourth-order valence-corrected chi connectivity index (χ4v) is 4.90. The second-order valence-corrected chi connectivity index (χ2v) is 8.25. The van der Waals surface area contributed by atoms with Crippen LogP contribution in [0.15, 0.2) is 78.6 Å². The number of para-hydroxylation sites is 1. The molecule has 2 atom stereocenters. The average molecular weight is 469 g/mol. The second-order valence-electron chi connectivity index (χ2n) is 8.25. The van der Waals surface area contributed by atoms with Crippen LogP contribution < -0.4 is 24.3 Å². The molecule has 0 unspecified atom stereocenters. The Balaban J connectivity index is 1.62. The molecule has 8 nitrogen and oxygen atoms in total. The lowest BCUT2D eigenvalue weighted by Crippen LogP contribution is -2.32. The number of nitrogens with zero attached hydrogens (tertiary/aromatic N) is 3. The Bertz CT molecular complexity index is 1410. The molecule has 35 heavy (non-hydrogen) atoms. The van der Waals surface area contributed by atoms with Gasteiger partial charge < -0.3 is 24.3 Å². The van der Waals surface area contributed by atoms with E-state index >= 15 is 0 Å². The van der Waals surface area contributed by atoms with Gasteiger partial charge in [0.2, 0.25) is 11.7 Å². The van der Waals surface area contributed by atoms with Gasteiger partial charge in [-0.15, -0.1) is 0 Å². The number of hydrogen-bond acceptors (Lipinski definition) is 7. The van der Waals surface area contributed by atoms with Crippen LogP contribution in [0.25, 0.3) is 5.70 Å². The van der Waals surface area contributed by atoms with E-state index in [4.69, 9.17) is 18.9 Å². The molecule has 0 aliphatic carbocycles. The van der Waals surface area contributed by atoms with Crippen LogP contribution in [0.5, 0.6) is 23.0 Å². The summed E-state index contributed by atoms with van der Waals surface area (Å²) in [5.41, 5.74) is 4.89. The molecule has 2 aliphatic heterocycles. The minimum Gasteiger partial charge on any atom is -0.493 e. The topological polar surface area (TPSA) is 79.7 Å². The zero-order valence-corrected chi connectivity index (χ0v) is 19.6. The first-order valence-electron chi connectivity index (χ1n) is 11.2. The van der Waals surface area contributed by atoms with Crippen molar-refractivity contribution in [1.82, 2.24) is 14.8 Å². The van der Waals surface area contributed by atoms with Crippen molar-refractivity contribution in [1.29, 1.82) is 0 Å². The van der Waals surface area contributed by atoms with Gasteiger partial charge in [-0.05, 0) is 29.8 Å². The van der Waals surface area contributed by atoms with Gasteiger partial charge >= 0.3 is 0 Å². The van der Waals surface area contributed by atoms with Crippen LogP contribution in [-0.2, 0) is 0 Å². The van der Waals surface area contributed by atoms with Crippen LogP contribution in [0.4, 0.5) is 5.95 Å². The smallest absolute Gasteiger partial charge is 0.226 e. The first-order chi connectivity index (χ1) is 17.2. The van der Waals surface area contributed by atoms with E-state index in [-0.39, 0.29) is 6.04 Å². The zero-order chi connectivity index (χ0) is 23.9. The highest BCUT2D eigenvalue weighted by Gasteiger charge is 2.41. The number of benzene rings is 3. The summed E-state index contributed by atoms with van der Waals surface area (Å²) in [4.78, 5) is 4.48. The molecular weight excluding hydrogens is 444 g/mol. The Hall–Kier alpha value is -4.46. The molecule has 0 saturated heterocycles. The van der Waals surface area contributed by atoms with E-state index in [9.17, 15) is 0 Å². The third kappa shape index (κ3) is 3.29. The molecule has 0 saturated carbocycles. The molecule has 1 N–H and O–H groups in total. The predicted molar refractivity (Wildman–Crippen MR) is 131 cm³/mol. The van der Waals surface area contributed by atoms with E-state index in [2.05, 4.69) is 33.6 Å². The maximum absolute atomic E-state index is 6.69. The fourth-order valence-electron chi connectivity index (χ4n) is 4.90. The van der Waals surface area contributed by atoms with Crippen molar-refractivity contribution < 1.29 is 18.9 Å². The third-order valence-electron chi connectivity index (χ3n) is 6.43. The van der Waals surface area contributed by atoms with Crippen LogP contribution >= 0.6 is 0 Å². The van der Waals surface area contributed by atoms with Gasteiger partial charge in [-0.1, -0.05) is 42.5 Å². The fraction of sp³-hybridized carbons (Fsp3) is 0.185. The van der Waals surface area contributed by atoms with Crippen molar-refractivity contribution in [3.8, 4) is 23.0 Å². The van der Waals surface area contributed by atoms with Crippen molar-refractivity contribution in [2.75, 3.05) is 26.6 Å². The van der Waals surface area contributed by atoms with E-state index < -0.39 is 6.10 Å². The summed E-state index contributed by atoms with van der Waals surface area (Å²) in [5, 5.41) is 8.08. The van der Waals surface area contributed by atoms with Crippen LogP contribution in [0.3, 0.4) is 0 Å². The van der Waals surface area contributed by atoms with Gasteiger partial charge in [-0.3, -0.25) is 0 Å². The van der Waals surface area contributed by atoms with E-state index in [0.29, 0.717) is 23.2 Å². The molecule has 2 aliphatic rings. The molecule has 1 aromatic heterocycles. The standard InChI is InChI=1S/C27H24N4O4/c1-32-20-13-17(14-21(33-2)26(20)34-3)25-22-23(18-11-7-8-12-19(18)35-25)30-27-28-15-29-31(27)24(22)16-9-5-4-6-10-16/h4-15,24-25H,1-3H3,(H,28,29,30)/t24-,25-/m0/s1. The van der Waals surface area contributed by atoms with Crippen molar-refractivity contribution in [2.24, 2.45) is 0 Å². The largest absolute Gasteiger partial charge is 0.493 e. The first-order valence-corrected chi connectivity index (χ1v) is 11.2. The van der Waals surface area contributed by atoms with Crippen LogP contribution in [0, 0.1) is 0 Å². The maximum atomic E-state index is 6.69. The van der Waals surface area contributed by atoms with E-state index in [1.54, 1.807) is 27.7 Å². The van der Waals surface area contributed by atoms with Gasteiger partial charge in [0.05, 0.1) is 27.0 Å². The number of anilines is 1. The second kappa shape index (κ2) is 8.39. The summed E-state index contributed by atoms with van der Waals surface area (Å²) < 4.78 is 25.4. The molecule has 4 aromatic rings. The Labute approximate surface area is 202 Å². The van der Waals surface area contributed by atoms with Crippen molar-refractivity contribution in [3.63, 3.8) is 0 Å². The zero-order valence-electron chi connectivity index (χ0n) is 19.6. The van der Waals surface area contributed by atoms with Gasteiger partial charge in [0.15, 0.2) is 11.5 Å². The van der Waals surface area contributed by atoms with Crippen molar-refractivity contribution in [3.05, 3.63) is 95.3 Å². The number of aromatic nitrogens is 3. The van der Waals surface area contributed by atoms with E-state index in [1.807, 2.05) is 53.2 Å². The van der Waals surface area contributed by atoms with Crippen molar-refractivity contribution >= 4 is 11.6 Å². The molecule has 0 fully saturated rings. The quantitative estimate of drug-likeness (QED) is 0.448. The molecule has 0 spiro atoms. The van der Waals surface area contributed by atoms with Crippen LogP contribution in [-0.4, -0.2) is 36.1 Å². The Kier molecular flexibility index (Phi) is 5.06. The summed E-state index contributed by atoms with van der Waals surface area (Å²) in [6, 6.07) is 21.9. The molecular formula is C27H24N4O4. The lowest BCUT2D eigenvalue weighted by atomic mass is 9.84. The van der Waals surface area contributed by atoms with Gasteiger partial charge in [0.1, 0.15) is 24.2 Å². The molecule has 6 rings (SSSR count). The highest BCUT2D eigenvalue weighted by Crippen LogP contribution is 2.52. The Morgan fingerprint density at radius 2 is 1.57 bits per heavy atom. The first kappa shape index (κ1) is 21.1. The minimum atomic E-state index is -0.455. The van der Waals surface area contributed by atoms with E-state index in [0.717, 1.165) is 33.7 Å². The van der Waals surface area contributed by atoms with Crippen LogP contribution in [0.2, 0.25) is 0 Å². The highest BCUT2D eigenvalue weighted by atomic mass is 16.5. The predicted octanol–water partition coefficient (Wildman–Crippen LogP) is 4.86. The third-order valence-corrected chi connectivity index (χ3v) is 6.43. The summed E-state index contributed by atoms with van der Waals surface area (Å²) in [5.74, 6) is 3.11. The molecule has 3 aromatic carbocycles. The van der Waals surface area contributed by atoms with E-state index in [1.165, 1.54) is 0 Å². The number of nitrogens with one attached hydrogen (secondary N) is 1. The van der Waals surface area contributed by atoms with Gasteiger partial charge in [-0.2, -0.15) is 10.1 Å². The van der Waals surface area contributed by atoms with Gasteiger partial charge in [0.25, 0.3) is 0 Å². The lowest BCUT2D eigenvalue weighted by molar-refractivity contribution is 0.221. The molecule has 0 radical (unpaired) electrons. The Morgan fingerprint density at radius 1 is 0.857 bits per heavy atom. The van der Waals surface area contributed by atoms with Crippen LogP contribution in [0.1, 0.15) is 28.8 Å². The minimum absolute atomic E-state index is 0.234. The molecule has 176 valence electrons. The summed E-state index contributed by atoms with van der Waals surface area (Å²) >= 11 is 0. The van der Waals surface area contributed by atoms with Gasteiger partial charge in [0, 0.05) is 16.7 Å². The Morgan fingerprint density at radius 3 is 2.29 bits per heavy atom.